The molecule has 1 aliphatic rings. The maximum atomic E-state index is 10.4. The summed E-state index contributed by atoms with van der Waals surface area (Å²) in [5.41, 5.74) is 0. The summed E-state index contributed by atoms with van der Waals surface area (Å²) in [6.45, 7) is 0.941. The van der Waals surface area contributed by atoms with Crippen LogP contribution in [0.5, 0.6) is 0 Å². The lowest BCUT2D eigenvalue weighted by molar-refractivity contribution is -0.139. The zero-order chi connectivity index (χ0) is 8.97. The van der Waals surface area contributed by atoms with Gasteiger partial charge in [0.2, 0.25) is 0 Å². The number of aliphatic carboxylic acids is 1. The highest BCUT2D eigenvalue weighted by atomic mass is 16.4. The largest absolute Gasteiger partial charge is 0.480 e. The third-order valence-electron chi connectivity index (χ3n) is 2.30. The molecule has 0 unspecified atom stereocenters. The van der Waals surface area contributed by atoms with Crippen LogP contribution in [0.2, 0.25) is 0 Å². The fraction of sp³-hybridized carbons (Fsp3) is 0.875. The summed E-state index contributed by atoms with van der Waals surface area (Å²) in [5.74, 6) is -0.810. The molecule has 0 spiro atoms. The van der Waals surface area contributed by atoms with E-state index in [0.717, 1.165) is 25.8 Å². The molecular formula is C8H15NO3. The first-order valence-corrected chi connectivity index (χ1v) is 4.30. The molecule has 0 bridgehead atoms. The van der Waals surface area contributed by atoms with E-state index in [9.17, 15) is 4.79 Å². The molecule has 0 saturated carbocycles. The van der Waals surface area contributed by atoms with Crippen molar-refractivity contribution in [1.82, 2.24) is 4.90 Å². The van der Waals surface area contributed by atoms with Crippen molar-refractivity contribution in [3.05, 3.63) is 0 Å². The molecule has 0 aromatic heterocycles. The number of rotatable bonds is 3. The van der Waals surface area contributed by atoms with E-state index in [0.29, 0.717) is 0 Å². The van der Waals surface area contributed by atoms with Crippen molar-refractivity contribution >= 4 is 5.97 Å². The summed E-state index contributed by atoms with van der Waals surface area (Å²) in [7, 11) is 0. The van der Waals surface area contributed by atoms with Gasteiger partial charge in [0.15, 0.2) is 0 Å². The zero-order valence-electron chi connectivity index (χ0n) is 7.07. The minimum atomic E-state index is -0.810. The minimum Gasteiger partial charge on any atom is -0.480 e. The summed E-state index contributed by atoms with van der Waals surface area (Å²) in [6, 6.07) is 0.0647. The average Bonchev–Trinajstić information content (AvgIpc) is 2.04. The van der Waals surface area contributed by atoms with Crippen molar-refractivity contribution in [3.8, 4) is 0 Å². The van der Waals surface area contributed by atoms with Crippen molar-refractivity contribution < 1.29 is 15.0 Å². The SMILES string of the molecule is O=C(O)CN1CCCC[C@@H]1CO. The molecular weight excluding hydrogens is 158 g/mol. The monoisotopic (exact) mass is 173 g/mol. The quantitative estimate of drug-likeness (QED) is 0.626. The molecule has 0 aromatic rings. The van der Waals surface area contributed by atoms with Gasteiger partial charge < -0.3 is 10.2 Å². The van der Waals surface area contributed by atoms with Crippen LogP contribution in [-0.4, -0.2) is 46.8 Å². The number of hydrogen-bond acceptors (Lipinski definition) is 3. The predicted molar refractivity (Wildman–Crippen MR) is 43.9 cm³/mol. The van der Waals surface area contributed by atoms with E-state index < -0.39 is 5.97 Å². The van der Waals surface area contributed by atoms with Gasteiger partial charge in [-0.2, -0.15) is 0 Å². The standard InChI is InChI=1S/C8H15NO3/c10-6-7-3-1-2-4-9(7)5-8(11)12/h7,10H,1-6H2,(H,11,12)/t7-/m1/s1. The molecule has 70 valence electrons. The molecule has 12 heavy (non-hydrogen) atoms. The van der Waals surface area contributed by atoms with Crippen LogP contribution < -0.4 is 0 Å². The number of aliphatic hydroxyl groups excluding tert-OH is 1. The lowest BCUT2D eigenvalue weighted by Gasteiger charge is -2.32. The van der Waals surface area contributed by atoms with Gasteiger partial charge in [-0.1, -0.05) is 6.42 Å². The highest BCUT2D eigenvalue weighted by molar-refractivity contribution is 5.69. The van der Waals surface area contributed by atoms with Crippen LogP contribution in [0.1, 0.15) is 19.3 Å². The molecule has 1 aliphatic heterocycles. The van der Waals surface area contributed by atoms with E-state index >= 15 is 0 Å². The van der Waals surface area contributed by atoms with Crippen LogP contribution >= 0.6 is 0 Å². The number of piperidine rings is 1. The molecule has 1 saturated heterocycles. The number of aliphatic hydroxyl groups is 1. The molecule has 4 nitrogen and oxygen atoms in total. The van der Waals surface area contributed by atoms with Gasteiger partial charge in [-0.05, 0) is 19.4 Å². The number of carboxylic acids is 1. The van der Waals surface area contributed by atoms with E-state index in [1.165, 1.54) is 0 Å². The Balaban J connectivity index is 2.41. The van der Waals surface area contributed by atoms with Gasteiger partial charge >= 0.3 is 5.97 Å². The van der Waals surface area contributed by atoms with E-state index in [1.54, 1.807) is 0 Å². The zero-order valence-corrected chi connectivity index (χ0v) is 7.07. The average molecular weight is 173 g/mol. The lowest BCUT2D eigenvalue weighted by Crippen LogP contribution is -2.44. The van der Waals surface area contributed by atoms with Crippen LogP contribution in [-0.2, 0) is 4.79 Å². The van der Waals surface area contributed by atoms with E-state index in [4.69, 9.17) is 10.2 Å². The topological polar surface area (TPSA) is 60.8 Å². The number of carbonyl (C=O) groups is 1. The normalized spacial score (nSPS) is 25.6. The van der Waals surface area contributed by atoms with E-state index in [-0.39, 0.29) is 19.2 Å². The highest BCUT2D eigenvalue weighted by Gasteiger charge is 2.22. The Bertz CT molecular complexity index is 160. The first-order chi connectivity index (χ1) is 5.74. The Labute approximate surface area is 71.8 Å². The third-order valence-corrected chi connectivity index (χ3v) is 2.30. The summed E-state index contributed by atoms with van der Waals surface area (Å²) >= 11 is 0. The van der Waals surface area contributed by atoms with E-state index in [2.05, 4.69) is 0 Å². The van der Waals surface area contributed by atoms with Crippen molar-refractivity contribution in [1.29, 1.82) is 0 Å². The molecule has 1 rings (SSSR count). The molecule has 1 fully saturated rings. The summed E-state index contributed by atoms with van der Waals surface area (Å²) in [6.07, 6.45) is 3.06. The van der Waals surface area contributed by atoms with Crippen molar-refractivity contribution in [3.63, 3.8) is 0 Å². The Morgan fingerprint density at radius 1 is 1.50 bits per heavy atom. The predicted octanol–water partition coefficient (Wildman–Crippen LogP) is -0.0822. The van der Waals surface area contributed by atoms with Gasteiger partial charge in [-0.15, -0.1) is 0 Å². The molecule has 0 aromatic carbocycles. The summed E-state index contributed by atoms with van der Waals surface area (Å²) < 4.78 is 0. The van der Waals surface area contributed by atoms with Crippen LogP contribution in [0.3, 0.4) is 0 Å². The lowest BCUT2D eigenvalue weighted by atomic mass is 10.0. The second-order valence-electron chi connectivity index (χ2n) is 3.20. The fourth-order valence-electron chi connectivity index (χ4n) is 1.65. The Hall–Kier alpha value is -0.610. The minimum absolute atomic E-state index is 0.0607. The number of nitrogens with zero attached hydrogens (tertiary/aromatic N) is 1. The second kappa shape index (κ2) is 4.42. The van der Waals surface area contributed by atoms with Crippen molar-refractivity contribution in [2.45, 2.75) is 25.3 Å². The van der Waals surface area contributed by atoms with E-state index in [1.807, 2.05) is 4.90 Å². The van der Waals surface area contributed by atoms with Gasteiger partial charge in [-0.3, -0.25) is 9.69 Å². The molecule has 0 radical (unpaired) electrons. The fourth-order valence-corrected chi connectivity index (χ4v) is 1.65. The van der Waals surface area contributed by atoms with Crippen LogP contribution in [0.25, 0.3) is 0 Å². The van der Waals surface area contributed by atoms with Gasteiger partial charge in [0.1, 0.15) is 0 Å². The summed E-state index contributed by atoms with van der Waals surface area (Å²) in [4.78, 5) is 12.2. The molecule has 2 N–H and O–H groups in total. The Morgan fingerprint density at radius 2 is 2.25 bits per heavy atom. The van der Waals surface area contributed by atoms with Crippen molar-refractivity contribution in [2.24, 2.45) is 0 Å². The summed E-state index contributed by atoms with van der Waals surface area (Å²) in [5, 5.41) is 17.5. The van der Waals surface area contributed by atoms with Crippen molar-refractivity contribution in [2.75, 3.05) is 19.7 Å². The number of carboxylic acid groups (broad SMARTS) is 1. The maximum absolute atomic E-state index is 10.4. The molecule has 1 atom stereocenters. The van der Waals surface area contributed by atoms with Gasteiger partial charge in [0.05, 0.1) is 13.2 Å². The maximum Gasteiger partial charge on any atom is 0.317 e. The smallest absolute Gasteiger partial charge is 0.317 e. The van der Waals surface area contributed by atoms with Crippen LogP contribution in [0.15, 0.2) is 0 Å². The first-order valence-electron chi connectivity index (χ1n) is 4.30. The number of likely N-dealkylation sites (tertiary alicyclic amines) is 1. The van der Waals surface area contributed by atoms with Gasteiger partial charge in [0.25, 0.3) is 0 Å². The molecule has 1 heterocycles. The van der Waals surface area contributed by atoms with Crippen LogP contribution in [0, 0.1) is 0 Å². The van der Waals surface area contributed by atoms with Gasteiger partial charge in [0, 0.05) is 6.04 Å². The Morgan fingerprint density at radius 3 is 2.83 bits per heavy atom. The Kier molecular flexibility index (Phi) is 3.49. The highest BCUT2D eigenvalue weighted by Crippen LogP contribution is 2.15. The third kappa shape index (κ3) is 2.46. The molecule has 0 amide bonds. The molecule has 0 aliphatic carbocycles. The van der Waals surface area contributed by atoms with Crippen LogP contribution in [0.4, 0.5) is 0 Å². The molecule has 4 heteroatoms. The van der Waals surface area contributed by atoms with Gasteiger partial charge in [-0.25, -0.2) is 0 Å². The first kappa shape index (κ1) is 9.48. The second-order valence-corrected chi connectivity index (χ2v) is 3.20. The number of hydrogen-bond donors (Lipinski definition) is 2.